The number of hydrogen-bond donors (Lipinski definition) is 1. The van der Waals surface area contributed by atoms with E-state index < -0.39 is 0 Å². The largest absolute Gasteiger partial charge is 0.325 e. The second-order valence-corrected chi connectivity index (χ2v) is 9.63. The standard InChI is InChI=1S/C23H25BrFN5OS/c1-16(29-13-3-2-4-14-29)22-27-28-23(30(22)20-11-7-18(25)8-12-20)32-15-21(31)26-19-9-5-17(24)6-10-19/h5-12,16H,2-4,13-15H2,1H3,(H,26,31). The number of aromatic nitrogens is 3. The van der Waals surface area contributed by atoms with E-state index in [1.54, 1.807) is 12.1 Å². The van der Waals surface area contributed by atoms with Crippen molar-refractivity contribution < 1.29 is 9.18 Å². The summed E-state index contributed by atoms with van der Waals surface area (Å²) in [5, 5.41) is 12.4. The van der Waals surface area contributed by atoms with Crippen LogP contribution in [0.5, 0.6) is 0 Å². The Labute approximate surface area is 199 Å². The molecule has 32 heavy (non-hydrogen) atoms. The number of amides is 1. The van der Waals surface area contributed by atoms with Crippen molar-refractivity contribution in [2.75, 3.05) is 24.2 Å². The maximum atomic E-state index is 13.6. The number of nitrogens with zero attached hydrogens (tertiary/aromatic N) is 4. The molecule has 0 aliphatic carbocycles. The van der Waals surface area contributed by atoms with Gasteiger partial charge in [0.25, 0.3) is 0 Å². The van der Waals surface area contributed by atoms with Crippen LogP contribution in [-0.2, 0) is 4.79 Å². The maximum Gasteiger partial charge on any atom is 0.234 e. The van der Waals surface area contributed by atoms with Gasteiger partial charge in [-0.15, -0.1) is 10.2 Å². The molecule has 1 fully saturated rings. The SMILES string of the molecule is CC(c1nnc(SCC(=O)Nc2ccc(Br)cc2)n1-c1ccc(F)cc1)N1CCCCC1. The van der Waals surface area contributed by atoms with Crippen molar-refractivity contribution in [2.45, 2.75) is 37.4 Å². The predicted molar refractivity (Wildman–Crippen MR) is 129 cm³/mol. The molecule has 1 aromatic heterocycles. The summed E-state index contributed by atoms with van der Waals surface area (Å²) in [4.78, 5) is 14.9. The van der Waals surface area contributed by atoms with Crippen LogP contribution in [0.4, 0.5) is 10.1 Å². The van der Waals surface area contributed by atoms with Crippen LogP contribution in [0, 0.1) is 5.82 Å². The highest BCUT2D eigenvalue weighted by Gasteiger charge is 2.25. The number of piperidine rings is 1. The highest BCUT2D eigenvalue weighted by Crippen LogP contribution is 2.29. The lowest BCUT2D eigenvalue weighted by Gasteiger charge is -2.31. The van der Waals surface area contributed by atoms with Gasteiger partial charge in [-0.1, -0.05) is 34.1 Å². The molecule has 1 aliphatic rings. The molecule has 6 nitrogen and oxygen atoms in total. The summed E-state index contributed by atoms with van der Waals surface area (Å²) < 4.78 is 16.4. The van der Waals surface area contributed by atoms with Gasteiger partial charge >= 0.3 is 0 Å². The number of anilines is 1. The van der Waals surface area contributed by atoms with Gasteiger partial charge in [0.1, 0.15) is 5.82 Å². The topological polar surface area (TPSA) is 63.1 Å². The fourth-order valence-electron chi connectivity index (χ4n) is 3.81. The van der Waals surface area contributed by atoms with Gasteiger partial charge in [0, 0.05) is 15.8 Å². The van der Waals surface area contributed by atoms with Crippen LogP contribution in [0.1, 0.15) is 38.1 Å². The molecular formula is C23H25BrFN5OS. The van der Waals surface area contributed by atoms with Crippen molar-refractivity contribution in [3.8, 4) is 5.69 Å². The minimum absolute atomic E-state index is 0.0683. The first kappa shape index (κ1) is 22.9. The maximum absolute atomic E-state index is 13.6. The number of rotatable bonds is 7. The summed E-state index contributed by atoms with van der Waals surface area (Å²) in [5.41, 5.74) is 1.52. The lowest BCUT2D eigenvalue weighted by Crippen LogP contribution is -2.33. The Kier molecular flexibility index (Phi) is 7.59. The zero-order valence-electron chi connectivity index (χ0n) is 17.8. The Balaban J connectivity index is 1.54. The van der Waals surface area contributed by atoms with Crippen LogP contribution in [0.3, 0.4) is 0 Å². The van der Waals surface area contributed by atoms with Crippen molar-refractivity contribution in [3.05, 3.63) is 64.6 Å². The van der Waals surface area contributed by atoms with Gasteiger partial charge in [0.15, 0.2) is 11.0 Å². The predicted octanol–water partition coefficient (Wildman–Crippen LogP) is 5.45. The van der Waals surface area contributed by atoms with Crippen molar-refractivity contribution in [1.82, 2.24) is 19.7 Å². The molecule has 168 valence electrons. The zero-order chi connectivity index (χ0) is 22.5. The van der Waals surface area contributed by atoms with Crippen molar-refractivity contribution in [1.29, 1.82) is 0 Å². The minimum Gasteiger partial charge on any atom is -0.325 e. The van der Waals surface area contributed by atoms with Gasteiger partial charge in [0.2, 0.25) is 5.91 Å². The minimum atomic E-state index is -0.296. The molecule has 0 radical (unpaired) electrons. The van der Waals surface area contributed by atoms with E-state index in [0.717, 1.165) is 34.8 Å². The molecule has 1 atom stereocenters. The van der Waals surface area contributed by atoms with E-state index in [0.29, 0.717) is 5.16 Å². The van der Waals surface area contributed by atoms with Gasteiger partial charge in [-0.05, 0) is 81.4 Å². The van der Waals surface area contributed by atoms with Crippen LogP contribution in [0.25, 0.3) is 5.69 Å². The van der Waals surface area contributed by atoms with E-state index in [9.17, 15) is 9.18 Å². The molecule has 2 heterocycles. The lowest BCUT2D eigenvalue weighted by atomic mass is 10.1. The van der Waals surface area contributed by atoms with Crippen molar-refractivity contribution in [2.24, 2.45) is 0 Å². The van der Waals surface area contributed by atoms with Gasteiger partial charge in [0.05, 0.1) is 11.8 Å². The van der Waals surface area contributed by atoms with Crippen molar-refractivity contribution >= 4 is 39.3 Å². The van der Waals surface area contributed by atoms with E-state index in [2.05, 4.69) is 43.3 Å². The van der Waals surface area contributed by atoms with Crippen LogP contribution < -0.4 is 5.32 Å². The molecule has 1 saturated heterocycles. The summed E-state index contributed by atoms with van der Waals surface area (Å²) in [6.07, 6.45) is 3.60. The van der Waals surface area contributed by atoms with Crippen LogP contribution in [-0.4, -0.2) is 44.4 Å². The first-order chi connectivity index (χ1) is 15.5. The summed E-state index contributed by atoms with van der Waals surface area (Å²) in [6.45, 7) is 4.18. The van der Waals surface area contributed by atoms with E-state index in [-0.39, 0.29) is 23.5 Å². The monoisotopic (exact) mass is 517 g/mol. The van der Waals surface area contributed by atoms with Crippen LogP contribution >= 0.6 is 27.7 Å². The normalized spacial score (nSPS) is 15.5. The number of carbonyl (C=O) groups excluding carboxylic acids is 1. The molecule has 0 spiro atoms. The number of carbonyl (C=O) groups is 1. The number of nitrogens with one attached hydrogen (secondary N) is 1. The molecule has 1 N–H and O–H groups in total. The third-order valence-corrected chi connectivity index (χ3v) is 6.97. The second-order valence-electron chi connectivity index (χ2n) is 7.77. The fourth-order valence-corrected chi connectivity index (χ4v) is 4.83. The number of benzene rings is 2. The van der Waals surface area contributed by atoms with Crippen LogP contribution in [0.2, 0.25) is 0 Å². The molecular weight excluding hydrogens is 493 g/mol. The number of halogens is 2. The van der Waals surface area contributed by atoms with E-state index in [1.807, 2.05) is 28.8 Å². The van der Waals surface area contributed by atoms with Gasteiger partial charge < -0.3 is 5.32 Å². The van der Waals surface area contributed by atoms with Gasteiger partial charge in [-0.25, -0.2) is 4.39 Å². The summed E-state index contributed by atoms with van der Waals surface area (Å²) in [7, 11) is 0. The number of thioether (sulfide) groups is 1. The molecule has 1 amide bonds. The first-order valence-corrected chi connectivity index (χ1v) is 12.4. The Morgan fingerprint density at radius 3 is 2.47 bits per heavy atom. The quantitative estimate of drug-likeness (QED) is 0.422. The Morgan fingerprint density at radius 1 is 1.09 bits per heavy atom. The molecule has 1 aliphatic heterocycles. The number of hydrogen-bond acceptors (Lipinski definition) is 5. The summed E-state index contributed by atoms with van der Waals surface area (Å²) in [6, 6.07) is 13.8. The lowest BCUT2D eigenvalue weighted by molar-refractivity contribution is -0.113. The zero-order valence-corrected chi connectivity index (χ0v) is 20.2. The van der Waals surface area contributed by atoms with Gasteiger partial charge in [-0.3, -0.25) is 14.3 Å². The molecule has 4 rings (SSSR count). The molecule has 9 heteroatoms. The highest BCUT2D eigenvalue weighted by atomic mass is 79.9. The van der Waals surface area contributed by atoms with E-state index in [1.165, 1.54) is 43.2 Å². The van der Waals surface area contributed by atoms with E-state index in [4.69, 9.17) is 0 Å². The molecule has 0 saturated carbocycles. The molecule has 0 bridgehead atoms. The van der Waals surface area contributed by atoms with Crippen molar-refractivity contribution in [3.63, 3.8) is 0 Å². The number of likely N-dealkylation sites (tertiary alicyclic amines) is 1. The molecule has 3 aromatic rings. The Hall–Kier alpha value is -2.23. The molecule has 1 unspecified atom stereocenters. The second kappa shape index (κ2) is 10.6. The first-order valence-electron chi connectivity index (χ1n) is 10.6. The average molecular weight is 518 g/mol. The smallest absolute Gasteiger partial charge is 0.234 e. The Bertz CT molecular complexity index is 1050. The summed E-state index contributed by atoms with van der Waals surface area (Å²) >= 11 is 4.71. The third-order valence-electron chi connectivity index (χ3n) is 5.52. The Morgan fingerprint density at radius 2 is 1.78 bits per heavy atom. The average Bonchev–Trinajstić information content (AvgIpc) is 3.24. The van der Waals surface area contributed by atoms with Gasteiger partial charge in [-0.2, -0.15) is 0 Å². The third kappa shape index (κ3) is 5.57. The molecule has 2 aromatic carbocycles. The fraction of sp³-hybridized carbons (Fsp3) is 0.348. The van der Waals surface area contributed by atoms with E-state index >= 15 is 0 Å². The van der Waals surface area contributed by atoms with Crippen LogP contribution in [0.15, 0.2) is 58.2 Å². The highest BCUT2D eigenvalue weighted by molar-refractivity contribution is 9.10. The summed E-state index contributed by atoms with van der Waals surface area (Å²) in [5.74, 6) is 0.564.